The van der Waals surface area contributed by atoms with E-state index in [-0.39, 0.29) is 27.6 Å². The third-order valence-corrected chi connectivity index (χ3v) is 10.1. The molecule has 32 heavy (non-hydrogen) atoms. The third-order valence-electron chi connectivity index (χ3n) is 10.1. The lowest BCUT2D eigenvalue weighted by Gasteiger charge is -2.35. The van der Waals surface area contributed by atoms with Crippen molar-refractivity contribution < 1.29 is 0 Å². The summed E-state index contributed by atoms with van der Waals surface area (Å²) in [4.78, 5) is 0. The third kappa shape index (κ3) is 3.34. The van der Waals surface area contributed by atoms with Crippen LogP contribution in [0.1, 0.15) is 105 Å². The Morgan fingerprint density at radius 3 is 1.97 bits per heavy atom. The fourth-order valence-corrected chi connectivity index (χ4v) is 7.23. The summed E-state index contributed by atoms with van der Waals surface area (Å²) in [7, 11) is 0. The zero-order valence-corrected chi connectivity index (χ0v) is 22.0. The van der Waals surface area contributed by atoms with Crippen molar-refractivity contribution in [2.24, 2.45) is 28.6 Å². The van der Waals surface area contributed by atoms with E-state index in [9.17, 15) is 10.5 Å². The minimum absolute atomic E-state index is 0.0884. The molecule has 172 valence electrons. The molecule has 0 N–H and O–H groups in total. The SMILES string of the molecule is CC1C(C)(C)C2=C(C(C#N)CCC2)C1(C)C.CC1C(C)(C)c2cccc(C#N)c2C1(C)C. The van der Waals surface area contributed by atoms with Crippen LogP contribution in [-0.4, -0.2) is 0 Å². The second kappa shape index (κ2) is 7.76. The molecule has 0 saturated heterocycles. The first-order valence-electron chi connectivity index (χ1n) is 12.3. The van der Waals surface area contributed by atoms with Crippen LogP contribution in [0.4, 0.5) is 0 Å². The average Bonchev–Trinajstić information content (AvgIpc) is 2.99. The summed E-state index contributed by atoms with van der Waals surface area (Å²) in [5.74, 6) is 1.37. The second-order valence-electron chi connectivity index (χ2n) is 12.6. The first-order valence-corrected chi connectivity index (χ1v) is 12.3. The van der Waals surface area contributed by atoms with Crippen LogP contribution in [0.15, 0.2) is 29.3 Å². The van der Waals surface area contributed by atoms with E-state index in [4.69, 9.17) is 0 Å². The molecule has 3 unspecified atom stereocenters. The van der Waals surface area contributed by atoms with Crippen LogP contribution < -0.4 is 0 Å². The summed E-state index contributed by atoms with van der Waals surface area (Å²) in [6, 6.07) is 11.0. The number of fused-ring (bicyclic) bond motifs is 1. The van der Waals surface area contributed by atoms with Crippen molar-refractivity contribution in [2.45, 2.75) is 99.3 Å². The number of rotatable bonds is 0. The highest BCUT2D eigenvalue weighted by Gasteiger charge is 2.52. The molecule has 0 fully saturated rings. The molecule has 1 aromatic carbocycles. The quantitative estimate of drug-likeness (QED) is 0.391. The number of hydrogen-bond acceptors (Lipinski definition) is 2. The van der Waals surface area contributed by atoms with Gasteiger partial charge in [-0.15, -0.1) is 0 Å². The molecule has 3 aliphatic rings. The Morgan fingerprint density at radius 2 is 1.41 bits per heavy atom. The highest BCUT2D eigenvalue weighted by molar-refractivity contribution is 5.54. The molecule has 0 spiro atoms. The summed E-state index contributed by atoms with van der Waals surface area (Å²) in [6.07, 6.45) is 3.49. The van der Waals surface area contributed by atoms with Gasteiger partial charge in [-0.05, 0) is 75.5 Å². The Labute approximate surface area is 196 Å². The van der Waals surface area contributed by atoms with Crippen molar-refractivity contribution in [1.82, 2.24) is 0 Å². The maximum atomic E-state index is 9.34. The predicted octanol–water partition coefficient (Wildman–Crippen LogP) is 8.07. The maximum Gasteiger partial charge on any atom is 0.0994 e. The number of benzene rings is 1. The Balaban J connectivity index is 0.000000181. The molecule has 0 heterocycles. The normalized spacial score (nSPS) is 30.3. The maximum absolute atomic E-state index is 9.34. The Kier molecular flexibility index (Phi) is 5.96. The molecule has 2 heteroatoms. The lowest BCUT2D eigenvalue weighted by Crippen LogP contribution is -2.31. The summed E-state index contributed by atoms with van der Waals surface area (Å²) in [5, 5.41) is 18.6. The number of allylic oxidation sites excluding steroid dienone is 2. The van der Waals surface area contributed by atoms with Crippen molar-refractivity contribution in [3.63, 3.8) is 0 Å². The molecule has 0 amide bonds. The van der Waals surface area contributed by atoms with E-state index in [2.05, 4.69) is 87.4 Å². The van der Waals surface area contributed by atoms with E-state index in [1.54, 1.807) is 5.57 Å². The van der Waals surface area contributed by atoms with E-state index >= 15 is 0 Å². The summed E-state index contributed by atoms with van der Waals surface area (Å²) in [6.45, 7) is 23.1. The molecular formula is C30H42N2. The molecule has 4 rings (SSSR count). The van der Waals surface area contributed by atoms with Gasteiger partial charge < -0.3 is 0 Å². The number of nitriles is 2. The van der Waals surface area contributed by atoms with E-state index in [1.807, 2.05) is 12.1 Å². The van der Waals surface area contributed by atoms with Crippen molar-refractivity contribution in [3.05, 3.63) is 46.0 Å². The van der Waals surface area contributed by atoms with Gasteiger partial charge in [-0.3, -0.25) is 0 Å². The van der Waals surface area contributed by atoms with Crippen LogP contribution >= 0.6 is 0 Å². The second-order valence-corrected chi connectivity index (χ2v) is 12.6. The van der Waals surface area contributed by atoms with Gasteiger partial charge in [-0.2, -0.15) is 10.5 Å². The van der Waals surface area contributed by atoms with E-state index in [0.717, 1.165) is 12.0 Å². The van der Waals surface area contributed by atoms with Gasteiger partial charge in [0.05, 0.1) is 23.6 Å². The van der Waals surface area contributed by atoms with Crippen LogP contribution in [0.5, 0.6) is 0 Å². The molecule has 2 nitrogen and oxygen atoms in total. The first kappa shape index (κ1) is 24.6. The van der Waals surface area contributed by atoms with Gasteiger partial charge in [-0.25, -0.2) is 0 Å². The average molecular weight is 431 g/mol. The minimum atomic E-state index is 0.0884. The Hall–Kier alpha value is -2.06. The van der Waals surface area contributed by atoms with E-state index < -0.39 is 0 Å². The summed E-state index contributed by atoms with van der Waals surface area (Å²) < 4.78 is 0. The fourth-order valence-electron chi connectivity index (χ4n) is 7.23. The lowest BCUT2D eigenvalue weighted by molar-refractivity contribution is 0.185. The molecule has 0 bridgehead atoms. The van der Waals surface area contributed by atoms with Crippen LogP contribution in [0, 0.1) is 51.2 Å². The number of hydrogen-bond donors (Lipinski definition) is 0. The zero-order chi connectivity index (χ0) is 24.3. The molecule has 0 radical (unpaired) electrons. The minimum Gasteiger partial charge on any atom is -0.198 e. The monoisotopic (exact) mass is 430 g/mol. The molecule has 0 aliphatic heterocycles. The molecule has 3 atom stereocenters. The van der Waals surface area contributed by atoms with Crippen molar-refractivity contribution in [1.29, 1.82) is 10.5 Å². The zero-order valence-electron chi connectivity index (χ0n) is 22.0. The molecule has 3 aliphatic carbocycles. The van der Waals surface area contributed by atoms with E-state index in [0.29, 0.717) is 11.8 Å². The smallest absolute Gasteiger partial charge is 0.0994 e. The van der Waals surface area contributed by atoms with Crippen LogP contribution in [0.3, 0.4) is 0 Å². The molecular weight excluding hydrogens is 388 g/mol. The van der Waals surface area contributed by atoms with Gasteiger partial charge in [0.2, 0.25) is 0 Å². The summed E-state index contributed by atoms with van der Waals surface area (Å²) in [5.41, 5.74) is 7.28. The fraction of sp³-hybridized carbons (Fsp3) is 0.667. The van der Waals surface area contributed by atoms with Crippen LogP contribution in [0.2, 0.25) is 0 Å². The van der Waals surface area contributed by atoms with Crippen LogP contribution in [0.25, 0.3) is 0 Å². The highest BCUT2D eigenvalue weighted by atomic mass is 14.6. The lowest BCUT2D eigenvalue weighted by atomic mass is 9.69. The predicted molar refractivity (Wildman–Crippen MR) is 133 cm³/mol. The highest BCUT2D eigenvalue weighted by Crippen LogP contribution is 2.62. The number of nitrogens with zero attached hydrogens (tertiary/aromatic N) is 2. The molecule has 0 saturated carbocycles. The first-order chi connectivity index (χ1) is 14.7. The largest absolute Gasteiger partial charge is 0.198 e. The van der Waals surface area contributed by atoms with E-state index in [1.165, 1.54) is 29.5 Å². The molecule has 0 aromatic heterocycles. The topological polar surface area (TPSA) is 47.6 Å². The van der Waals surface area contributed by atoms with Crippen molar-refractivity contribution >= 4 is 0 Å². The van der Waals surface area contributed by atoms with Gasteiger partial charge in [0.15, 0.2) is 0 Å². The Bertz CT molecular complexity index is 1020. The van der Waals surface area contributed by atoms with Crippen LogP contribution in [-0.2, 0) is 10.8 Å². The standard InChI is InChI=1S/C15H23N.C15H19N/c2*1-10-14(2,3)12-8-6-7-11(9-16)13(12)15(10,4)5/h10-11H,6-8H2,1-5H3;6-8,10H,1-5H3. The summed E-state index contributed by atoms with van der Waals surface area (Å²) >= 11 is 0. The Morgan fingerprint density at radius 1 is 0.812 bits per heavy atom. The van der Waals surface area contributed by atoms with Crippen molar-refractivity contribution in [3.8, 4) is 12.1 Å². The van der Waals surface area contributed by atoms with Gasteiger partial charge >= 0.3 is 0 Å². The van der Waals surface area contributed by atoms with Gasteiger partial charge in [-0.1, -0.05) is 86.9 Å². The van der Waals surface area contributed by atoms with Gasteiger partial charge in [0.1, 0.15) is 0 Å². The van der Waals surface area contributed by atoms with Crippen molar-refractivity contribution in [2.75, 3.05) is 0 Å². The van der Waals surface area contributed by atoms with Gasteiger partial charge in [0, 0.05) is 0 Å². The molecule has 1 aromatic rings. The van der Waals surface area contributed by atoms with Gasteiger partial charge in [0.25, 0.3) is 0 Å².